The maximum atomic E-state index is 12.1. The number of amides is 1. The molecule has 0 aliphatic carbocycles. The number of nitrogens with one attached hydrogen (secondary N) is 2. The number of ether oxygens (including phenoxy) is 2. The smallest absolute Gasteiger partial charge is 0.328 e. The predicted octanol–water partition coefficient (Wildman–Crippen LogP) is 1.90. The van der Waals surface area contributed by atoms with Gasteiger partial charge in [0.2, 0.25) is 5.43 Å². The first-order chi connectivity index (χ1) is 11.9. The number of pyridine rings is 1. The van der Waals surface area contributed by atoms with Crippen molar-refractivity contribution in [3.05, 3.63) is 63.0 Å². The molecule has 1 aromatic carbocycles. The Morgan fingerprint density at radius 2 is 2.08 bits per heavy atom. The number of esters is 1. The Bertz CT molecular complexity index is 834. The lowest BCUT2D eigenvalue weighted by Crippen LogP contribution is -2.39. The van der Waals surface area contributed by atoms with Gasteiger partial charge < -0.3 is 19.8 Å². The van der Waals surface area contributed by atoms with Gasteiger partial charge in [-0.25, -0.2) is 4.79 Å². The van der Waals surface area contributed by atoms with Crippen LogP contribution in [-0.2, 0) is 16.1 Å². The van der Waals surface area contributed by atoms with Crippen molar-refractivity contribution in [2.24, 2.45) is 0 Å². The fourth-order valence-electron chi connectivity index (χ4n) is 2.00. The summed E-state index contributed by atoms with van der Waals surface area (Å²) >= 11 is 5.89. The number of hydrogen-bond acceptors (Lipinski definition) is 5. The van der Waals surface area contributed by atoms with E-state index in [1.54, 1.807) is 18.2 Å². The Hall–Kier alpha value is -2.80. The molecule has 1 heterocycles. The van der Waals surface area contributed by atoms with Crippen molar-refractivity contribution in [3.63, 3.8) is 0 Å². The maximum absolute atomic E-state index is 12.1. The van der Waals surface area contributed by atoms with Crippen LogP contribution in [0.15, 0.2) is 41.3 Å². The first kappa shape index (κ1) is 18.5. The first-order valence-electron chi connectivity index (χ1n) is 7.39. The average Bonchev–Trinajstić information content (AvgIpc) is 2.59. The van der Waals surface area contributed by atoms with Gasteiger partial charge in [0.05, 0.1) is 7.11 Å². The summed E-state index contributed by atoms with van der Waals surface area (Å²) in [4.78, 5) is 38.1. The third kappa shape index (κ3) is 5.09. The number of halogens is 1. The molecule has 2 aromatic rings. The van der Waals surface area contributed by atoms with Crippen molar-refractivity contribution >= 4 is 23.5 Å². The quantitative estimate of drug-likeness (QED) is 0.763. The van der Waals surface area contributed by atoms with Crippen molar-refractivity contribution in [3.8, 4) is 5.75 Å². The Labute approximate surface area is 148 Å². The van der Waals surface area contributed by atoms with Crippen LogP contribution in [0.4, 0.5) is 0 Å². The van der Waals surface area contributed by atoms with Gasteiger partial charge in [-0.3, -0.25) is 9.59 Å². The first-order valence-corrected chi connectivity index (χ1v) is 7.77. The molecule has 0 aliphatic rings. The fourth-order valence-corrected chi connectivity index (χ4v) is 2.21. The highest BCUT2D eigenvalue weighted by molar-refractivity contribution is 6.30. The number of benzene rings is 1. The second-order valence-corrected chi connectivity index (χ2v) is 5.65. The third-order valence-corrected chi connectivity index (χ3v) is 3.54. The molecule has 1 amide bonds. The largest absolute Gasteiger partial charge is 0.483 e. The molecule has 0 saturated heterocycles. The van der Waals surface area contributed by atoms with Crippen LogP contribution in [0.1, 0.15) is 23.0 Å². The van der Waals surface area contributed by atoms with Gasteiger partial charge in [-0.2, -0.15) is 0 Å². The van der Waals surface area contributed by atoms with Crippen LogP contribution in [0, 0.1) is 0 Å². The lowest BCUT2D eigenvalue weighted by atomic mass is 10.2. The van der Waals surface area contributed by atoms with E-state index in [1.165, 1.54) is 20.2 Å². The van der Waals surface area contributed by atoms with Crippen molar-refractivity contribution < 1.29 is 19.1 Å². The van der Waals surface area contributed by atoms with Gasteiger partial charge in [-0.1, -0.05) is 23.7 Å². The van der Waals surface area contributed by atoms with Crippen LogP contribution in [-0.4, -0.2) is 30.0 Å². The van der Waals surface area contributed by atoms with E-state index >= 15 is 0 Å². The summed E-state index contributed by atoms with van der Waals surface area (Å²) in [6, 6.07) is 7.33. The van der Waals surface area contributed by atoms with E-state index in [2.05, 4.69) is 15.0 Å². The lowest BCUT2D eigenvalue weighted by Gasteiger charge is -2.11. The summed E-state index contributed by atoms with van der Waals surface area (Å²) in [5.41, 5.74) is 0.355. The summed E-state index contributed by atoms with van der Waals surface area (Å²) < 4.78 is 9.96. The summed E-state index contributed by atoms with van der Waals surface area (Å²) in [5, 5.41) is 2.99. The highest BCUT2D eigenvalue weighted by Crippen LogP contribution is 2.12. The zero-order valence-corrected chi connectivity index (χ0v) is 14.4. The van der Waals surface area contributed by atoms with Crippen LogP contribution in [0.2, 0.25) is 5.02 Å². The Morgan fingerprint density at radius 1 is 1.32 bits per heavy atom. The highest BCUT2D eigenvalue weighted by Gasteiger charge is 2.18. The zero-order chi connectivity index (χ0) is 18.4. The maximum Gasteiger partial charge on any atom is 0.328 e. The highest BCUT2D eigenvalue weighted by atomic mass is 35.5. The molecule has 8 heteroatoms. The number of carbonyl (C=O) groups excluding carboxylic acids is 2. The molecular formula is C17H17ClN2O5. The summed E-state index contributed by atoms with van der Waals surface area (Å²) in [7, 11) is 1.22. The van der Waals surface area contributed by atoms with E-state index in [0.29, 0.717) is 5.02 Å². The Morgan fingerprint density at radius 3 is 2.72 bits per heavy atom. The molecule has 0 aliphatic heterocycles. The number of rotatable bonds is 6. The Kier molecular flexibility index (Phi) is 6.19. The van der Waals surface area contributed by atoms with Crippen LogP contribution in [0.25, 0.3) is 0 Å². The number of carbonyl (C=O) groups is 2. The molecule has 0 radical (unpaired) electrons. The lowest BCUT2D eigenvalue weighted by molar-refractivity contribution is -0.142. The average molecular weight is 365 g/mol. The third-order valence-electron chi connectivity index (χ3n) is 3.31. The minimum Gasteiger partial charge on any atom is -0.483 e. The molecule has 0 unspecified atom stereocenters. The molecule has 0 spiro atoms. The number of aromatic nitrogens is 1. The molecule has 0 bridgehead atoms. The van der Waals surface area contributed by atoms with E-state index in [1.807, 2.05) is 6.07 Å². The molecule has 2 N–H and O–H groups in total. The van der Waals surface area contributed by atoms with Crippen molar-refractivity contribution in [1.82, 2.24) is 10.3 Å². The van der Waals surface area contributed by atoms with Crippen molar-refractivity contribution in [2.75, 3.05) is 7.11 Å². The molecule has 0 saturated carbocycles. The fraction of sp³-hybridized carbons (Fsp3) is 0.235. The molecule has 2 rings (SSSR count). The molecule has 25 heavy (non-hydrogen) atoms. The second-order valence-electron chi connectivity index (χ2n) is 5.21. The van der Waals surface area contributed by atoms with E-state index in [-0.39, 0.29) is 18.1 Å². The van der Waals surface area contributed by atoms with Crippen LogP contribution in [0.5, 0.6) is 5.75 Å². The van der Waals surface area contributed by atoms with E-state index in [9.17, 15) is 14.4 Å². The monoisotopic (exact) mass is 364 g/mol. The zero-order valence-electron chi connectivity index (χ0n) is 13.7. The molecule has 7 nitrogen and oxygen atoms in total. The minimum absolute atomic E-state index is 0.0101. The van der Waals surface area contributed by atoms with Gasteiger partial charge in [0, 0.05) is 17.3 Å². The van der Waals surface area contributed by atoms with Gasteiger partial charge in [-0.15, -0.1) is 0 Å². The normalized spacial score (nSPS) is 11.5. The SMILES string of the molecule is COC(=O)[C@H](C)NC(=O)c1cc(=O)c(OCc2cccc(Cl)c2)c[nH]1. The number of methoxy groups -OCH3 is 1. The van der Waals surface area contributed by atoms with E-state index < -0.39 is 23.3 Å². The van der Waals surface area contributed by atoms with Gasteiger partial charge in [-0.05, 0) is 24.6 Å². The minimum atomic E-state index is -0.834. The number of hydrogen-bond donors (Lipinski definition) is 2. The van der Waals surface area contributed by atoms with Gasteiger partial charge in [0.1, 0.15) is 18.3 Å². The second kappa shape index (κ2) is 8.34. The summed E-state index contributed by atoms with van der Waals surface area (Å²) in [6.45, 7) is 1.64. The van der Waals surface area contributed by atoms with Crippen molar-refractivity contribution in [2.45, 2.75) is 19.6 Å². The topological polar surface area (TPSA) is 97.5 Å². The molecule has 1 aromatic heterocycles. The van der Waals surface area contributed by atoms with Gasteiger partial charge in [0.25, 0.3) is 5.91 Å². The van der Waals surface area contributed by atoms with E-state index in [4.69, 9.17) is 16.3 Å². The molecule has 132 valence electrons. The Balaban J connectivity index is 2.03. The summed E-state index contributed by atoms with van der Waals surface area (Å²) in [6.07, 6.45) is 1.30. The van der Waals surface area contributed by atoms with Crippen LogP contribution >= 0.6 is 11.6 Å². The van der Waals surface area contributed by atoms with Crippen LogP contribution < -0.4 is 15.5 Å². The van der Waals surface area contributed by atoms with Gasteiger partial charge in [0.15, 0.2) is 5.75 Å². The van der Waals surface area contributed by atoms with E-state index in [0.717, 1.165) is 11.6 Å². The standard InChI is InChI=1S/C17H17ClN2O5/c1-10(17(23)24-2)20-16(22)13-7-14(21)15(8-19-13)25-9-11-4-3-5-12(18)6-11/h3-8,10H,9H2,1-2H3,(H,19,21)(H,20,22)/t10-/m0/s1. The predicted molar refractivity (Wildman–Crippen MR) is 91.8 cm³/mol. The number of aromatic amines is 1. The molecular weight excluding hydrogens is 348 g/mol. The summed E-state index contributed by atoms with van der Waals surface area (Å²) in [5.74, 6) is -1.12. The molecule has 0 fully saturated rings. The van der Waals surface area contributed by atoms with Gasteiger partial charge >= 0.3 is 5.97 Å². The number of H-pyrrole nitrogens is 1. The van der Waals surface area contributed by atoms with Crippen molar-refractivity contribution in [1.29, 1.82) is 0 Å². The van der Waals surface area contributed by atoms with Crippen LogP contribution in [0.3, 0.4) is 0 Å². The molecule has 1 atom stereocenters.